The Morgan fingerprint density at radius 3 is 2.84 bits per heavy atom. The highest BCUT2D eigenvalue weighted by molar-refractivity contribution is 8.01. The number of halogens is 1. The van der Waals surface area contributed by atoms with Crippen LogP contribution in [0.15, 0.2) is 62.8 Å². The summed E-state index contributed by atoms with van der Waals surface area (Å²) in [6.07, 6.45) is 2.50. The second kappa shape index (κ2) is 10.5. The first-order chi connectivity index (χ1) is 18.2. The molecule has 5 rings (SSSR count). The lowest BCUT2D eigenvalue weighted by Gasteiger charge is -2.42. The van der Waals surface area contributed by atoms with Gasteiger partial charge >= 0.3 is 0 Å². The predicted molar refractivity (Wildman–Crippen MR) is 150 cm³/mol. The molecule has 1 aliphatic heterocycles. The molecule has 9 nitrogen and oxygen atoms in total. The van der Waals surface area contributed by atoms with Crippen molar-refractivity contribution in [2.75, 3.05) is 16.0 Å². The number of anilines is 2. The van der Waals surface area contributed by atoms with E-state index in [2.05, 4.69) is 26.6 Å². The van der Waals surface area contributed by atoms with Gasteiger partial charge in [0.1, 0.15) is 5.82 Å². The minimum Gasteiger partial charge on any atom is -0.384 e. The molecule has 0 saturated carbocycles. The van der Waals surface area contributed by atoms with Crippen LogP contribution in [0.2, 0.25) is 5.02 Å². The minimum atomic E-state index is -0.667. The molecule has 2 aliphatic rings. The molecule has 0 fully saturated rings. The molecule has 1 atom stereocenters. The number of hydrogen-bond donors (Lipinski definition) is 2. The molecule has 13 heteroatoms. The number of rotatable bonds is 6. The number of thioether (sulfide) groups is 1. The lowest BCUT2D eigenvalue weighted by atomic mass is 9.68. The van der Waals surface area contributed by atoms with Crippen molar-refractivity contribution in [3.63, 3.8) is 0 Å². The number of amides is 1. The molecule has 3 heterocycles. The zero-order valence-corrected chi connectivity index (χ0v) is 23.6. The van der Waals surface area contributed by atoms with E-state index in [9.17, 15) is 14.9 Å². The smallest absolute Gasteiger partial charge is 0.236 e. The molecule has 2 aromatic heterocycles. The van der Waals surface area contributed by atoms with E-state index in [1.165, 1.54) is 34.4 Å². The van der Waals surface area contributed by atoms with Gasteiger partial charge in [-0.1, -0.05) is 66.7 Å². The van der Waals surface area contributed by atoms with Gasteiger partial charge in [-0.3, -0.25) is 14.5 Å². The number of nitrogens with one attached hydrogen (secondary N) is 1. The van der Waals surface area contributed by atoms with Crippen molar-refractivity contribution in [2.24, 2.45) is 11.1 Å². The summed E-state index contributed by atoms with van der Waals surface area (Å²) in [5.74, 6) is -0.616. The summed E-state index contributed by atoms with van der Waals surface area (Å²) < 4.78 is 0.553. The summed E-state index contributed by atoms with van der Waals surface area (Å²) in [5.41, 5.74) is 8.43. The zero-order chi connectivity index (χ0) is 27.0. The number of benzene rings is 1. The van der Waals surface area contributed by atoms with Gasteiger partial charge in [-0.05, 0) is 23.5 Å². The Balaban J connectivity index is 1.51. The number of aromatic nitrogens is 3. The third kappa shape index (κ3) is 5.07. The molecule has 1 aromatic carbocycles. The molecule has 0 spiro atoms. The van der Waals surface area contributed by atoms with Crippen LogP contribution in [0, 0.1) is 16.7 Å². The summed E-state index contributed by atoms with van der Waals surface area (Å²) in [6, 6.07) is 9.43. The highest BCUT2D eigenvalue weighted by atomic mass is 35.5. The van der Waals surface area contributed by atoms with Gasteiger partial charge in [0, 0.05) is 34.3 Å². The van der Waals surface area contributed by atoms with E-state index >= 15 is 0 Å². The number of carbonyl (C=O) groups is 2. The fourth-order valence-electron chi connectivity index (χ4n) is 4.67. The molecular formula is C25H22ClN7O2S3. The van der Waals surface area contributed by atoms with Crippen LogP contribution in [0.4, 0.5) is 10.3 Å². The maximum Gasteiger partial charge on any atom is 0.236 e. The molecule has 3 N–H and O–H groups in total. The van der Waals surface area contributed by atoms with Gasteiger partial charge < -0.3 is 11.1 Å². The second-order valence-electron chi connectivity index (χ2n) is 9.53. The second-order valence-corrected chi connectivity index (χ2v) is 13.0. The zero-order valence-electron chi connectivity index (χ0n) is 20.4. The van der Waals surface area contributed by atoms with Crippen LogP contribution in [0.5, 0.6) is 0 Å². The number of nitrogens with two attached hydrogens (primary N) is 1. The Morgan fingerprint density at radius 1 is 1.34 bits per heavy atom. The van der Waals surface area contributed by atoms with Crippen LogP contribution in [0.1, 0.15) is 38.2 Å². The Bertz CT molecular complexity index is 1520. The van der Waals surface area contributed by atoms with Gasteiger partial charge in [-0.15, -0.1) is 21.5 Å². The lowest BCUT2D eigenvalue weighted by Crippen LogP contribution is -2.42. The van der Waals surface area contributed by atoms with Crippen molar-refractivity contribution in [3.05, 3.63) is 69.1 Å². The maximum atomic E-state index is 13.6. The highest BCUT2D eigenvalue weighted by Crippen LogP contribution is 2.51. The molecule has 1 aliphatic carbocycles. The van der Waals surface area contributed by atoms with Crippen LogP contribution >= 0.6 is 46.0 Å². The molecule has 3 aromatic rings. The lowest BCUT2D eigenvalue weighted by molar-refractivity contribution is -0.118. The quantitative estimate of drug-likeness (QED) is 0.369. The van der Waals surface area contributed by atoms with Crippen molar-refractivity contribution in [1.29, 1.82) is 5.26 Å². The SMILES string of the molecule is CC1(C)CC(=O)C2=C(C1)N(c1nnc(SCC(=O)Nc3nccs3)s1)C(N)=C(C#N)C2c1ccccc1Cl. The van der Waals surface area contributed by atoms with Gasteiger partial charge in [0.05, 0.1) is 23.3 Å². The first-order valence-electron chi connectivity index (χ1n) is 11.5. The fraction of sp³-hybridized carbons (Fsp3) is 0.280. The minimum absolute atomic E-state index is 0.0515. The molecule has 1 amide bonds. The molecule has 1 unspecified atom stereocenters. The maximum absolute atomic E-state index is 13.6. The molecule has 0 saturated heterocycles. The average Bonchev–Trinajstić information content (AvgIpc) is 3.54. The molecular weight excluding hydrogens is 562 g/mol. The van der Waals surface area contributed by atoms with Gasteiger partial charge in [0.15, 0.2) is 15.3 Å². The Morgan fingerprint density at radius 2 is 2.13 bits per heavy atom. The number of carbonyl (C=O) groups excluding carboxylic acids is 2. The van der Waals surface area contributed by atoms with Crippen molar-refractivity contribution in [3.8, 4) is 6.07 Å². The number of nitriles is 1. The van der Waals surface area contributed by atoms with E-state index in [1.54, 1.807) is 28.6 Å². The molecule has 38 heavy (non-hydrogen) atoms. The largest absolute Gasteiger partial charge is 0.384 e. The summed E-state index contributed by atoms with van der Waals surface area (Å²) in [4.78, 5) is 31.6. The van der Waals surface area contributed by atoms with Gasteiger partial charge in [-0.25, -0.2) is 4.98 Å². The van der Waals surface area contributed by atoms with E-state index in [1.807, 2.05) is 26.0 Å². The number of thiazole rings is 1. The van der Waals surface area contributed by atoms with Gasteiger partial charge in [0.2, 0.25) is 11.0 Å². The van der Waals surface area contributed by atoms with Crippen LogP contribution in [0.25, 0.3) is 0 Å². The first-order valence-corrected chi connectivity index (χ1v) is 14.6. The highest BCUT2D eigenvalue weighted by Gasteiger charge is 2.45. The normalized spacial score (nSPS) is 18.8. The number of Topliss-reactive ketones (excluding diaryl/α,β-unsaturated/α-hetero) is 1. The van der Waals surface area contributed by atoms with Crippen molar-refractivity contribution < 1.29 is 9.59 Å². The molecule has 0 bridgehead atoms. The van der Waals surface area contributed by atoms with E-state index in [0.717, 1.165) is 0 Å². The third-order valence-electron chi connectivity index (χ3n) is 6.19. The van der Waals surface area contributed by atoms with Gasteiger partial charge in [0.25, 0.3) is 0 Å². The molecule has 0 radical (unpaired) electrons. The number of hydrogen-bond acceptors (Lipinski definition) is 11. The predicted octanol–water partition coefficient (Wildman–Crippen LogP) is 5.32. The van der Waals surface area contributed by atoms with Crippen LogP contribution < -0.4 is 16.0 Å². The number of allylic oxidation sites excluding steroid dienone is 3. The van der Waals surface area contributed by atoms with E-state index in [-0.39, 0.29) is 34.3 Å². The standard InChI is InChI=1S/C25H22ClN7O2S3/c1-25(2)9-16-20(17(34)10-25)19(13-5-3-4-6-15(13)26)14(11-27)21(28)33(16)23-31-32-24(38-23)37-12-18(35)30-22-29-7-8-36-22/h3-8,19H,9-10,12,28H2,1-2H3,(H,29,30,35). The van der Waals surface area contributed by atoms with Crippen molar-refractivity contribution >= 4 is 68.0 Å². The number of ketones is 1. The Hall–Kier alpha value is -3.24. The monoisotopic (exact) mass is 583 g/mol. The van der Waals surface area contributed by atoms with Crippen molar-refractivity contribution in [2.45, 2.75) is 36.9 Å². The average molecular weight is 584 g/mol. The Labute approximate surface area is 236 Å². The summed E-state index contributed by atoms with van der Waals surface area (Å²) in [6.45, 7) is 4.05. The summed E-state index contributed by atoms with van der Waals surface area (Å²) >= 11 is 10.4. The third-order valence-corrected chi connectivity index (χ3v) is 9.26. The van der Waals surface area contributed by atoms with Gasteiger partial charge in [-0.2, -0.15) is 5.26 Å². The fourth-order valence-corrected chi connectivity index (χ4v) is 7.14. The van der Waals surface area contributed by atoms with Crippen molar-refractivity contribution in [1.82, 2.24) is 15.2 Å². The number of nitrogens with zero attached hydrogens (tertiary/aromatic N) is 5. The van der Waals surface area contributed by atoms with Crippen LogP contribution in [-0.2, 0) is 9.59 Å². The molecule has 194 valence electrons. The van der Waals surface area contributed by atoms with E-state index < -0.39 is 5.92 Å². The topological polar surface area (TPSA) is 138 Å². The summed E-state index contributed by atoms with van der Waals surface area (Å²) in [7, 11) is 0. The van der Waals surface area contributed by atoms with E-state index in [0.29, 0.717) is 49.3 Å². The first kappa shape index (κ1) is 26.4. The van der Waals surface area contributed by atoms with Crippen LogP contribution in [0.3, 0.4) is 0 Å². The van der Waals surface area contributed by atoms with Crippen LogP contribution in [-0.4, -0.2) is 32.6 Å². The van der Waals surface area contributed by atoms with E-state index in [4.69, 9.17) is 17.3 Å². The Kier molecular flexibility index (Phi) is 7.28. The summed E-state index contributed by atoms with van der Waals surface area (Å²) in [5, 5.41) is 24.7.